The summed E-state index contributed by atoms with van der Waals surface area (Å²) in [6.07, 6.45) is 2.51. The van der Waals surface area contributed by atoms with E-state index < -0.39 is 0 Å². The van der Waals surface area contributed by atoms with Crippen molar-refractivity contribution in [2.75, 3.05) is 16.4 Å². The van der Waals surface area contributed by atoms with Crippen molar-refractivity contribution < 1.29 is 0 Å². The molecule has 1 aromatic carbocycles. The predicted octanol–water partition coefficient (Wildman–Crippen LogP) is 5.45. The summed E-state index contributed by atoms with van der Waals surface area (Å²) < 4.78 is 0. The number of fused-ring (bicyclic) bond motifs is 1. The summed E-state index contributed by atoms with van der Waals surface area (Å²) >= 11 is 9.43. The van der Waals surface area contributed by atoms with Crippen LogP contribution in [0.25, 0.3) is 0 Å². The van der Waals surface area contributed by atoms with E-state index in [1.54, 1.807) is 5.56 Å². The Hall–Kier alpha value is 0.530. The van der Waals surface area contributed by atoms with E-state index in [0.29, 0.717) is 5.41 Å². The monoisotopic (exact) mass is 376 g/mol. The summed E-state index contributed by atoms with van der Waals surface area (Å²) in [5, 5.41) is 2.18. The summed E-state index contributed by atoms with van der Waals surface area (Å²) in [4.78, 5) is 1.49. The van der Waals surface area contributed by atoms with Gasteiger partial charge in [0.25, 0.3) is 0 Å². The van der Waals surface area contributed by atoms with Gasteiger partial charge in [-0.15, -0.1) is 11.8 Å². The van der Waals surface area contributed by atoms with Crippen molar-refractivity contribution >= 4 is 43.6 Å². The Kier molecular flexibility index (Phi) is 5.02. The van der Waals surface area contributed by atoms with Crippen LogP contribution in [0, 0.1) is 5.41 Å². The Morgan fingerprint density at radius 2 is 2.00 bits per heavy atom. The molecule has 0 saturated carbocycles. The van der Waals surface area contributed by atoms with Gasteiger partial charge in [-0.3, -0.25) is 0 Å². The van der Waals surface area contributed by atoms with Crippen LogP contribution in [0.2, 0.25) is 0 Å². The lowest BCUT2D eigenvalue weighted by Crippen LogP contribution is -2.26. The van der Waals surface area contributed by atoms with Crippen molar-refractivity contribution in [2.24, 2.45) is 5.41 Å². The molecule has 1 aliphatic heterocycles. The number of hydrogen-bond acceptors (Lipinski definition) is 1. The zero-order valence-electron chi connectivity index (χ0n) is 10.1. The Bertz CT molecular complexity index is 366. The zero-order chi connectivity index (χ0) is 12.3. The molecule has 0 N–H and O–H groups in total. The molecule has 1 aliphatic rings. The van der Waals surface area contributed by atoms with E-state index in [1.165, 1.54) is 23.5 Å². The number of halogens is 2. The fourth-order valence-electron chi connectivity index (χ4n) is 2.40. The van der Waals surface area contributed by atoms with Gasteiger partial charge in [-0.05, 0) is 35.8 Å². The van der Waals surface area contributed by atoms with E-state index in [0.717, 1.165) is 16.6 Å². The quantitative estimate of drug-likeness (QED) is 0.614. The smallest absolute Gasteiger partial charge is 0.0107 e. The zero-order valence-corrected chi connectivity index (χ0v) is 14.1. The molecule has 0 aliphatic carbocycles. The van der Waals surface area contributed by atoms with Crippen molar-refractivity contribution in [3.8, 4) is 0 Å². The maximum Gasteiger partial charge on any atom is 0.0107 e. The second-order valence-electron chi connectivity index (χ2n) is 4.87. The number of hydrogen-bond donors (Lipinski definition) is 0. The molecule has 94 valence electrons. The fraction of sp³-hybridized carbons (Fsp3) is 0.571. The molecule has 0 radical (unpaired) electrons. The highest BCUT2D eigenvalue weighted by Gasteiger charge is 2.33. The highest BCUT2D eigenvalue weighted by atomic mass is 79.9. The van der Waals surface area contributed by atoms with Crippen LogP contribution < -0.4 is 0 Å². The van der Waals surface area contributed by atoms with Gasteiger partial charge < -0.3 is 0 Å². The van der Waals surface area contributed by atoms with Gasteiger partial charge >= 0.3 is 0 Å². The van der Waals surface area contributed by atoms with Crippen molar-refractivity contribution in [2.45, 2.75) is 30.6 Å². The van der Waals surface area contributed by atoms with Crippen LogP contribution in [-0.2, 0) is 0 Å². The molecule has 1 aromatic rings. The number of thioether (sulfide) groups is 1. The van der Waals surface area contributed by atoms with E-state index in [-0.39, 0.29) is 0 Å². The standard InChI is InChI=1S/C14H18Br2S/c1-2-14(9-15,10-16)7-11-8-17-13-6-4-3-5-12(11)13/h3-6,11H,2,7-10H2,1H3. The number of benzene rings is 1. The average molecular weight is 378 g/mol. The van der Waals surface area contributed by atoms with Crippen molar-refractivity contribution in [3.05, 3.63) is 29.8 Å². The maximum atomic E-state index is 3.70. The van der Waals surface area contributed by atoms with Crippen LogP contribution >= 0.6 is 43.6 Å². The fourth-order valence-corrected chi connectivity index (χ4v) is 5.83. The minimum absolute atomic E-state index is 0.405. The van der Waals surface area contributed by atoms with Crippen LogP contribution in [0.4, 0.5) is 0 Å². The first-order chi connectivity index (χ1) is 8.24. The average Bonchev–Trinajstić information content (AvgIpc) is 2.79. The number of alkyl halides is 2. The number of rotatable bonds is 5. The molecule has 0 fully saturated rings. The molecule has 0 spiro atoms. The molecule has 1 heterocycles. The van der Waals surface area contributed by atoms with Gasteiger partial charge in [0, 0.05) is 21.3 Å². The maximum absolute atomic E-state index is 3.70. The summed E-state index contributed by atoms with van der Waals surface area (Å²) in [5.41, 5.74) is 1.97. The first kappa shape index (κ1) is 14.0. The van der Waals surface area contributed by atoms with Crippen molar-refractivity contribution in [1.29, 1.82) is 0 Å². The third kappa shape index (κ3) is 2.93. The van der Waals surface area contributed by atoms with Crippen molar-refractivity contribution in [1.82, 2.24) is 0 Å². The molecule has 0 aromatic heterocycles. The summed E-state index contributed by atoms with van der Waals surface area (Å²) in [6, 6.07) is 8.89. The lowest BCUT2D eigenvalue weighted by molar-refractivity contribution is 0.322. The summed E-state index contributed by atoms with van der Waals surface area (Å²) in [5.74, 6) is 1.98. The Morgan fingerprint density at radius 3 is 2.65 bits per heavy atom. The molecular weight excluding hydrogens is 360 g/mol. The molecule has 3 heteroatoms. The normalized spacial score (nSPS) is 19.4. The second kappa shape index (κ2) is 6.12. The van der Waals surface area contributed by atoms with Crippen LogP contribution in [0.3, 0.4) is 0 Å². The SMILES string of the molecule is CCC(CBr)(CBr)CC1CSc2ccccc21. The van der Waals surface area contributed by atoms with Crippen LogP contribution in [0.15, 0.2) is 29.2 Å². The minimum atomic E-state index is 0.405. The van der Waals surface area contributed by atoms with Gasteiger partial charge in [-0.2, -0.15) is 0 Å². The van der Waals surface area contributed by atoms with E-state index in [1.807, 2.05) is 11.8 Å². The summed E-state index contributed by atoms with van der Waals surface area (Å²) in [7, 11) is 0. The highest BCUT2D eigenvalue weighted by Crippen LogP contribution is 2.46. The molecular formula is C14H18Br2S. The van der Waals surface area contributed by atoms with Gasteiger partial charge in [-0.1, -0.05) is 57.0 Å². The van der Waals surface area contributed by atoms with Gasteiger partial charge in [0.15, 0.2) is 0 Å². The van der Waals surface area contributed by atoms with E-state index in [9.17, 15) is 0 Å². The Labute approximate surface area is 125 Å². The second-order valence-corrected chi connectivity index (χ2v) is 7.05. The van der Waals surface area contributed by atoms with Crippen LogP contribution in [0.1, 0.15) is 31.2 Å². The van der Waals surface area contributed by atoms with Gasteiger partial charge in [0.2, 0.25) is 0 Å². The van der Waals surface area contributed by atoms with Crippen LogP contribution in [0.5, 0.6) is 0 Å². The van der Waals surface area contributed by atoms with E-state index in [4.69, 9.17) is 0 Å². The molecule has 0 saturated heterocycles. The Morgan fingerprint density at radius 1 is 1.29 bits per heavy atom. The highest BCUT2D eigenvalue weighted by molar-refractivity contribution is 9.09. The molecule has 1 unspecified atom stereocenters. The predicted molar refractivity (Wildman–Crippen MR) is 84.8 cm³/mol. The molecule has 17 heavy (non-hydrogen) atoms. The van der Waals surface area contributed by atoms with E-state index >= 15 is 0 Å². The first-order valence-electron chi connectivity index (χ1n) is 6.08. The minimum Gasteiger partial charge on any atom is -0.125 e. The van der Waals surface area contributed by atoms with Gasteiger partial charge in [0.05, 0.1) is 0 Å². The lowest BCUT2D eigenvalue weighted by atomic mass is 9.79. The lowest BCUT2D eigenvalue weighted by Gasteiger charge is -2.31. The molecule has 0 nitrogen and oxygen atoms in total. The Balaban J connectivity index is 2.16. The third-order valence-corrected chi connectivity index (χ3v) is 7.43. The molecule has 1 atom stereocenters. The van der Waals surface area contributed by atoms with Crippen LogP contribution in [-0.4, -0.2) is 16.4 Å². The molecule has 0 amide bonds. The van der Waals surface area contributed by atoms with Gasteiger partial charge in [-0.25, -0.2) is 0 Å². The molecule has 2 rings (SSSR count). The largest absolute Gasteiger partial charge is 0.125 e. The third-order valence-electron chi connectivity index (χ3n) is 3.80. The van der Waals surface area contributed by atoms with Gasteiger partial charge in [0.1, 0.15) is 0 Å². The van der Waals surface area contributed by atoms with Crippen molar-refractivity contribution in [3.63, 3.8) is 0 Å². The topological polar surface area (TPSA) is 0 Å². The first-order valence-corrected chi connectivity index (χ1v) is 9.31. The summed E-state index contributed by atoms with van der Waals surface area (Å²) in [6.45, 7) is 2.30. The molecule has 0 bridgehead atoms. The van der Waals surface area contributed by atoms with E-state index in [2.05, 4.69) is 63.0 Å².